The van der Waals surface area contributed by atoms with Gasteiger partial charge in [-0.1, -0.05) is 6.92 Å². The van der Waals surface area contributed by atoms with E-state index in [2.05, 4.69) is 0 Å². The Hall–Kier alpha value is -0.960. The van der Waals surface area contributed by atoms with E-state index in [1.54, 1.807) is 6.07 Å². The lowest BCUT2D eigenvalue weighted by atomic mass is 10.2. The van der Waals surface area contributed by atoms with Crippen LogP contribution in [0.15, 0.2) is 6.07 Å². The zero-order valence-corrected chi connectivity index (χ0v) is 6.98. The summed E-state index contributed by atoms with van der Waals surface area (Å²) in [5.41, 5.74) is 0.965. The monoisotopic (exact) mass is 168 g/mol. The molecule has 1 aromatic rings. The minimum atomic E-state index is 0.629. The summed E-state index contributed by atoms with van der Waals surface area (Å²) in [4.78, 5) is 22.0. The fourth-order valence-corrected chi connectivity index (χ4v) is 1.78. The molecule has 0 saturated heterocycles. The van der Waals surface area contributed by atoms with Gasteiger partial charge in [0.15, 0.2) is 12.6 Å². The summed E-state index contributed by atoms with van der Waals surface area (Å²) in [7, 11) is 0. The molecule has 3 heteroatoms. The predicted octanol–water partition coefficient (Wildman–Crippen LogP) is 1.94. The van der Waals surface area contributed by atoms with Crippen molar-refractivity contribution in [2.45, 2.75) is 13.3 Å². The summed E-state index contributed by atoms with van der Waals surface area (Å²) in [5, 5.41) is 0. The van der Waals surface area contributed by atoms with Crippen LogP contribution in [0.2, 0.25) is 0 Å². The molecule has 0 saturated carbocycles. The van der Waals surface area contributed by atoms with Gasteiger partial charge in [0.1, 0.15) is 0 Å². The first-order valence-electron chi connectivity index (χ1n) is 3.35. The molecule has 0 spiro atoms. The number of aryl methyl sites for hydroxylation is 1. The first-order valence-corrected chi connectivity index (χ1v) is 4.16. The Morgan fingerprint density at radius 2 is 2.18 bits per heavy atom. The van der Waals surface area contributed by atoms with E-state index in [0.29, 0.717) is 9.75 Å². The lowest BCUT2D eigenvalue weighted by molar-refractivity contribution is 0.111. The second-order valence-corrected chi connectivity index (χ2v) is 3.24. The third-order valence-corrected chi connectivity index (χ3v) is 2.49. The SMILES string of the molecule is CCc1cc(C=O)sc1C=O. The minimum Gasteiger partial charge on any atom is -0.297 e. The molecule has 0 fully saturated rings. The lowest BCUT2D eigenvalue weighted by Crippen LogP contribution is -1.80. The minimum absolute atomic E-state index is 0.629. The number of thiophene rings is 1. The van der Waals surface area contributed by atoms with Crippen molar-refractivity contribution in [3.63, 3.8) is 0 Å². The van der Waals surface area contributed by atoms with Crippen LogP contribution >= 0.6 is 11.3 Å². The lowest BCUT2D eigenvalue weighted by Gasteiger charge is -1.86. The number of rotatable bonds is 3. The van der Waals surface area contributed by atoms with E-state index >= 15 is 0 Å². The molecule has 11 heavy (non-hydrogen) atoms. The van der Waals surface area contributed by atoms with E-state index in [9.17, 15) is 9.59 Å². The highest BCUT2D eigenvalue weighted by atomic mass is 32.1. The average Bonchev–Trinajstić information content (AvgIpc) is 2.46. The van der Waals surface area contributed by atoms with Crippen LogP contribution in [0.3, 0.4) is 0 Å². The molecular weight excluding hydrogens is 160 g/mol. The smallest absolute Gasteiger partial charge is 0.160 e. The summed E-state index contributed by atoms with van der Waals surface area (Å²) in [6.45, 7) is 1.96. The van der Waals surface area contributed by atoms with Gasteiger partial charge in [-0.3, -0.25) is 9.59 Å². The second-order valence-electron chi connectivity index (χ2n) is 2.13. The molecule has 1 aromatic heterocycles. The van der Waals surface area contributed by atoms with Crippen molar-refractivity contribution in [3.8, 4) is 0 Å². The number of hydrogen-bond acceptors (Lipinski definition) is 3. The van der Waals surface area contributed by atoms with Gasteiger partial charge >= 0.3 is 0 Å². The Balaban J connectivity index is 3.11. The molecule has 0 aliphatic heterocycles. The van der Waals surface area contributed by atoms with Crippen LogP contribution in [0, 0.1) is 0 Å². The zero-order chi connectivity index (χ0) is 8.27. The van der Waals surface area contributed by atoms with Gasteiger partial charge in [-0.05, 0) is 18.1 Å². The van der Waals surface area contributed by atoms with Crippen LogP contribution in [0.25, 0.3) is 0 Å². The molecule has 0 amide bonds. The molecule has 0 atom stereocenters. The van der Waals surface area contributed by atoms with Gasteiger partial charge in [0, 0.05) is 0 Å². The van der Waals surface area contributed by atoms with Crippen molar-refractivity contribution in [1.29, 1.82) is 0 Å². The van der Waals surface area contributed by atoms with E-state index in [0.717, 1.165) is 24.6 Å². The highest BCUT2D eigenvalue weighted by molar-refractivity contribution is 7.15. The number of hydrogen-bond donors (Lipinski definition) is 0. The van der Waals surface area contributed by atoms with Crippen molar-refractivity contribution in [2.75, 3.05) is 0 Å². The van der Waals surface area contributed by atoms with E-state index in [1.807, 2.05) is 6.92 Å². The average molecular weight is 168 g/mol. The van der Waals surface area contributed by atoms with Crippen molar-refractivity contribution in [2.24, 2.45) is 0 Å². The standard InChI is InChI=1S/C8H8O2S/c1-2-6-3-7(4-9)11-8(6)5-10/h3-5H,2H2,1H3. The van der Waals surface area contributed by atoms with Gasteiger partial charge in [0.25, 0.3) is 0 Å². The van der Waals surface area contributed by atoms with E-state index in [-0.39, 0.29) is 0 Å². The topological polar surface area (TPSA) is 34.1 Å². The van der Waals surface area contributed by atoms with Crippen molar-refractivity contribution >= 4 is 23.9 Å². The molecule has 1 heterocycles. The fourth-order valence-electron chi connectivity index (χ4n) is 0.899. The van der Waals surface area contributed by atoms with E-state index in [4.69, 9.17) is 0 Å². The van der Waals surface area contributed by atoms with E-state index < -0.39 is 0 Å². The first-order chi connectivity index (χ1) is 5.31. The summed E-state index contributed by atoms with van der Waals surface area (Å²) < 4.78 is 0. The van der Waals surface area contributed by atoms with Gasteiger partial charge in [-0.2, -0.15) is 0 Å². The third kappa shape index (κ3) is 1.54. The van der Waals surface area contributed by atoms with Crippen LogP contribution in [-0.2, 0) is 6.42 Å². The van der Waals surface area contributed by atoms with Gasteiger partial charge in [-0.25, -0.2) is 0 Å². The van der Waals surface area contributed by atoms with Crippen molar-refractivity contribution < 1.29 is 9.59 Å². The molecule has 0 aromatic carbocycles. The van der Waals surface area contributed by atoms with Crippen LogP contribution in [-0.4, -0.2) is 12.6 Å². The molecule has 0 bridgehead atoms. The highest BCUT2D eigenvalue weighted by Crippen LogP contribution is 2.19. The first kappa shape index (κ1) is 8.14. The van der Waals surface area contributed by atoms with Crippen LogP contribution in [0.1, 0.15) is 31.8 Å². The Bertz CT molecular complexity index is 276. The Kier molecular flexibility index (Phi) is 2.54. The number of aldehydes is 2. The molecule has 0 aliphatic rings. The maximum atomic E-state index is 10.4. The second kappa shape index (κ2) is 3.44. The summed E-state index contributed by atoms with van der Waals surface area (Å²) in [5.74, 6) is 0. The van der Waals surface area contributed by atoms with Crippen LogP contribution in [0.4, 0.5) is 0 Å². The molecule has 0 N–H and O–H groups in total. The molecule has 0 unspecified atom stereocenters. The van der Waals surface area contributed by atoms with Crippen molar-refractivity contribution in [3.05, 3.63) is 21.4 Å². The molecule has 58 valence electrons. The zero-order valence-electron chi connectivity index (χ0n) is 6.16. The fraction of sp³-hybridized carbons (Fsp3) is 0.250. The van der Waals surface area contributed by atoms with Gasteiger partial charge < -0.3 is 0 Å². The largest absolute Gasteiger partial charge is 0.297 e. The Morgan fingerprint density at radius 3 is 2.55 bits per heavy atom. The van der Waals surface area contributed by atoms with Crippen LogP contribution in [0.5, 0.6) is 0 Å². The number of carbonyl (C=O) groups excluding carboxylic acids is 2. The quantitative estimate of drug-likeness (QED) is 0.646. The summed E-state index contributed by atoms with van der Waals surface area (Å²) in [6.07, 6.45) is 2.38. The normalized spacial score (nSPS) is 9.55. The summed E-state index contributed by atoms with van der Waals surface area (Å²) in [6, 6.07) is 1.77. The van der Waals surface area contributed by atoms with Crippen LogP contribution < -0.4 is 0 Å². The van der Waals surface area contributed by atoms with E-state index in [1.165, 1.54) is 11.3 Å². The number of carbonyl (C=O) groups is 2. The third-order valence-electron chi connectivity index (χ3n) is 1.46. The van der Waals surface area contributed by atoms with Gasteiger partial charge in [0.05, 0.1) is 9.75 Å². The maximum absolute atomic E-state index is 10.4. The van der Waals surface area contributed by atoms with Crippen molar-refractivity contribution in [1.82, 2.24) is 0 Å². The highest BCUT2D eigenvalue weighted by Gasteiger charge is 2.04. The molecule has 1 rings (SSSR count). The van der Waals surface area contributed by atoms with Gasteiger partial charge in [0.2, 0.25) is 0 Å². The summed E-state index contributed by atoms with van der Waals surface area (Å²) >= 11 is 1.25. The molecule has 0 aliphatic carbocycles. The predicted molar refractivity (Wildman–Crippen MR) is 44.5 cm³/mol. The van der Waals surface area contributed by atoms with Gasteiger partial charge in [-0.15, -0.1) is 11.3 Å². The Morgan fingerprint density at radius 1 is 1.45 bits per heavy atom. The molecule has 2 nitrogen and oxygen atoms in total. The Labute approximate surface area is 68.9 Å². The molecule has 0 radical (unpaired) electrons. The molecular formula is C8H8O2S. The maximum Gasteiger partial charge on any atom is 0.160 e.